The molecule has 54 valence electrons. The topological polar surface area (TPSA) is 38.7 Å². The lowest BCUT2D eigenvalue weighted by Crippen LogP contribution is -1.87. The van der Waals surface area contributed by atoms with Gasteiger partial charge in [0, 0.05) is 17.8 Å². The fraction of sp³-hybridized carbons (Fsp3) is 0.125. The molecule has 2 aromatic heterocycles. The zero-order valence-electron chi connectivity index (χ0n) is 6.15. The van der Waals surface area contributed by atoms with Gasteiger partial charge in [0.2, 0.25) is 0 Å². The fourth-order valence-electron chi connectivity index (χ4n) is 0.988. The van der Waals surface area contributed by atoms with Crippen LogP contribution in [0.2, 0.25) is 0 Å². The maximum absolute atomic E-state index is 3.99. The average molecular weight is 145 g/mol. The first-order valence-corrected chi connectivity index (χ1v) is 3.40. The molecule has 0 fully saturated rings. The van der Waals surface area contributed by atoms with Gasteiger partial charge >= 0.3 is 0 Å². The van der Waals surface area contributed by atoms with Crippen LogP contribution in [-0.4, -0.2) is 15.2 Å². The zero-order chi connectivity index (χ0) is 7.68. The molecule has 0 N–H and O–H groups in total. The molecule has 2 heterocycles. The van der Waals surface area contributed by atoms with E-state index in [0.717, 1.165) is 16.6 Å². The first-order chi connectivity index (χ1) is 5.36. The average Bonchev–Trinajstić information content (AvgIpc) is 2.04. The molecule has 0 atom stereocenters. The Hall–Kier alpha value is -1.51. The minimum atomic E-state index is 0.894. The van der Waals surface area contributed by atoms with Crippen molar-refractivity contribution in [2.45, 2.75) is 6.92 Å². The minimum Gasteiger partial charge on any atom is -0.264 e. The van der Waals surface area contributed by atoms with Gasteiger partial charge in [-0.15, -0.1) is 0 Å². The summed E-state index contributed by atoms with van der Waals surface area (Å²) < 4.78 is 0. The molecule has 0 aliphatic heterocycles. The molecule has 0 saturated carbocycles. The van der Waals surface area contributed by atoms with Gasteiger partial charge in [-0.3, -0.25) is 4.98 Å². The Labute approximate surface area is 64.1 Å². The number of hydrogen-bond acceptors (Lipinski definition) is 3. The lowest BCUT2D eigenvalue weighted by molar-refractivity contribution is 1.02. The van der Waals surface area contributed by atoms with Crippen molar-refractivity contribution in [2.75, 3.05) is 0 Å². The Balaban J connectivity index is 2.83. The molecule has 0 spiro atoms. The zero-order valence-corrected chi connectivity index (χ0v) is 6.15. The number of pyridine rings is 1. The molecule has 2 rings (SSSR count). The molecular formula is C8H7N3. The minimum absolute atomic E-state index is 0.894. The summed E-state index contributed by atoms with van der Waals surface area (Å²) in [4.78, 5) is 3.99. The van der Waals surface area contributed by atoms with E-state index in [0.29, 0.717) is 0 Å². The van der Waals surface area contributed by atoms with Crippen molar-refractivity contribution in [3.05, 3.63) is 30.2 Å². The van der Waals surface area contributed by atoms with Crippen molar-refractivity contribution in [1.82, 2.24) is 15.2 Å². The first kappa shape index (κ1) is 6.22. The lowest BCUT2D eigenvalue weighted by Gasteiger charge is -1.94. The van der Waals surface area contributed by atoms with Crippen molar-refractivity contribution >= 4 is 10.9 Å². The normalized spacial score (nSPS) is 10.3. The van der Waals surface area contributed by atoms with Crippen LogP contribution in [0.1, 0.15) is 5.69 Å². The van der Waals surface area contributed by atoms with Crippen LogP contribution < -0.4 is 0 Å². The highest BCUT2D eigenvalue weighted by molar-refractivity contribution is 5.76. The molecule has 3 heteroatoms. The molecule has 11 heavy (non-hydrogen) atoms. The molecule has 0 bridgehead atoms. The monoisotopic (exact) mass is 145 g/mol. The maximum Gasteiger partial charge on any atom is 0.0960 e. The van der Waals surface area contributed by atoms with E-state index in [1.165, 1.54) is 0 Å². The van der Waals surface area contributed by atoms with Crippen molar-refractivity contribution in [3.8, 4) is 0 Å². The second-order valence-electron chi connectivity index (χ2n) is 2.42. The molecular weight excluding hydrogens is 138 g/mol. The van der Waals surface area contributed by atoms with E-state index in [9.17, 15) is 0 Å². The highest BCUT2D eigenvalue weighted by Gasteiger charge is 1.93. The third-order valence-electron chi connectivity index (χ3n) is 1.51. The van der Waals surface area contributed by atoms with Crippen LogP contribution in [0.5, 0.6) is 0 Å². The van der Waals surface area contributed by atoms with Crippen molar-refractivity contribution < 1.29 is 0 Å². The Bertz CT molecular complexity index is 384. The van der Waals surface area contributed by atoms with Gasteiger partial charge in [-0.2, -0.15) is 10.2 Å². The van der Waals surface area contributed by atoms with E-state index >= 15 is 0 Å². The van der Waals surface area contributed by atoms with Crippen LogP contribution in [-0.2, 0) is 0 Å². The lowest BCUT2D eigenvalue weighted by atomic mass is 10.3. The fourth-order valence-corrected chi connectivity index (χ4v) is 0.988. The van der Waals surface area contributed by atoms with Gasteiger partial charge < -0.3 is 0 Å². The molecule has 0 aromatic carbocycles. The number of hydrogen-bond donors (Lipinski definition) is 0. The highest BCUT2D eigenvalue weighted by Crippen LogP contribution is 2.07. The van der Waals surface area contributed by atoms with Gasteiger partial charge in [0.05, 0.1) is 11.2 Å². The van der Waals surface area contributed by atoms with E-state index in [2.05, 4.69) is 15.2 Å². The van der Waals surface area contributed by atoms with Crippen molar-refractivity contribution in [2.24, 2.45) is 0 Å². The predicted octanol–water partition coefficient (Wildman–Crippen LogP) is 1.33. The van der Waals surface area contributed by atoms with E-state index in [1.807, 2.05) is 19.1 Å². The van der Waals surface area contributed by atoms with Crippen molar-refractivity contribution in [1.29, 1.82) is 0 Å². The third kappa shape index (κ3) is 1.05. The molecule has 0 amide bonds. The standard InChI is InChI=1S/C8H7N3/c1-6-4-7-5-9-3-2-8(7)11-10-6/h2-5H,1H3. The van der Waals surface area contributed by atoms with E-state index in [4.69, 9.17) is 0 Å². The second-order valence-corrected chi connectivity index (χ2v) is 2.42. The summed E-state index contributed by atoms with van der Waals surface area (Å²) in [6, 6.07) is 3.82. The number of aromatic nitrogens is 3. The summed E-state index contributed by atoms with van der Waals surface area (Å²) in [6.07, 6.45) is 3.50. The quantitative estimate of drug-likeness (QED) is 0.561. The van der Waals surface area contributed by atoms with Gasteiger partial charge in [-0.1, -0.05) is 0 Å². The van der Waals surface area contributed by atoms with Gasteiger partial charge in [-0.05, 0) is 19.1 Å². The van der Waals surface area contributed by atoms with Crippen LogP contribution in [0.3, 0.4) is 0 Å². The largest absolute Gasteiger partial charge is 0.264 e. The Morgan fingerprint density at radius 2 is 2.18 bits per heavy atom. The summed E-state index contributed by atoms with van der Waals surface area (Å²) in [5, 5.41) is 8.96. The van der Waals surface area contributed by atoms with Gasteiger partial charge in [0.1, 0.15) is 0 Å². The molecule has 0 saturated heterocycles. The second kappa shape index (κ2) is 2.27. The molecule has 0 aliphatic rings. The number of fused-ring (bicyclic) bond motifs is 1. The summed E-state index contributed by atoms with van der Waals surface area (Å²) in [5.41, 5.74) is 1.82. The van der Waals surface area contributed by atoms with Crippen LogP contribution in [0.4, 0.5) is 0 Å². The third-order valence-corrected chi connectivity index (χ3v) is 1.51. The molecule has 2 aromatic rings. The molecule has 3 nitrogen and oxygen atoms in total. The Morgan fingerprint density at radius 1 is 1.27 bits per heavy atom. The SMILES string of the molecule is Cc1cc2cnccc2nn1. The molecule has 0 aliphatic carbocycles. The van der Waals surface area contributed by atoms with Gasteiger partial charge in [0.15, 0.2) is 0 Å². The number of rotatable bonds is 0. The molecule has 0 unspecified atom stereocenters. The summed E-state index contributed by atoms with van der Waals surface area (Å²) in [7, 11) is 0. The molecule has 0 radical (unpaired) electrons. The number of nitrogens with zero attached hydrogens (tertiary/aromatic N) is 3. The van der Waals surface area contributed by atoms with Crippen LogP contribution in [0.25, 0.3) is 10.9 Å². The Morgan fingerprint density at radius 3 is 3.09 bits per heavy atom. The summed E-state index contributed by atoms with van der Waals surface area (Å²) in [6.45, 7) is 1.92. The van der Waals surface area contributed by atoms with E-state index in [-0.39, 0.29) is 0 Å². The van der Waals surface area contributed by atoms with Gasteiger partial charge in [-0.25, -0.2) is 0 Å². The summed E-state index contributed by atoms with van der Waals surface area (Å²) >= 11 is 0. The first-order valence-electron chi connectivity index (χ1n) is 3.40. The highest BCUT2D eigenvalue weighted by atomic mass is 15.1. The van der Waals surface area contributed by atoms with Crippen molar-refractivity contribution in [3.63, 3.8) is 0 Å². The van der Waals surface area contributed by atoms with Crippen LogP contribution >= 0.6 is 0 Å². The number of aryl methyl sites for hydroxylation is 1. The van der Waals surface area contributed by atoms with E-state index < -0.39 is 0 Å². The predicted molar refractivity (Wildman–Crippen MR) is 42.1 cm³/mol. The maximum atomic E-state index is 3.99. The van der Waals surface area contributed by atoms with Gasteiger partial charge in [0.25, 0.3) is 0 Å². The van der Waals surface area contributed by atoms with Crippen LogP contribution in [0, 0.1) is 6.92 Å². The summed E-state index contributed by atoms with van der Waals surface area (Å²) in [5.74, 6) is 0. The van der Waals surface area contributed by atoms with Crippen LogP contribution in [0.15, 0.2) is 24.5 Å². The van der Waals surface area contributed by atoms with E-state index in [1.54, 1.807) is 12.4 Å². The smallest absolute Gasteiger partial charge is 0.0960 e. The Kier molecular flexibility index (Phi) is 1.28.